The summed E-state index contributed by atoms with van der Waals surface area (Å²) in [5, 5.41) is 46.5. The molecule has 3 saturated heterocycles. The molecule has 250 valence electrons. The maximum Gasteiger partial charge on any atom is 0.187 e. The Morgan fingerprint density at radius 3 is 2.39 bits per heavy atom. The van der Waals surface area contributed by atoms with Crippen LogP contribution < -0.4 is 0 Å². The highest BCUT2D eigenvalue weighted by molar-refractivity contribution is 5.42. The van der Waals surface area contributed by atoms with Crippen LogP contribution in [-0.4, -0.2) is 121 Å². The van der Waals surface area contributed by atoms with Gasteiger partial charge in [0.1, 0.15) is 47.8 Å². The molecule has 11 nitrogen and oxygen atoms in total. The van der Waals surface area contributed by atoms with Crippen LogP contribution in [0.25, 0.3) is 0 Å². The fourth-order valence-electron chi connectivity index (χ4n) is 8.68. The number of methoxy groups -OCH3 is 2. The number of aliphatic hydroxyl groups excluding tert-OH is 3. The number of hydrogen-bond acceptors (Lipinski definition) is 11. The molecule has 6 rings (SSSR count). The van der Waals surface area contributed by atoms with Crippen LogP contribution in [0.15, 0.2) is 22.8 Å². The maximum atomic E-state index is 12.2. The third-order valence-electron chi connectivity index (χ3n) is 11.4. The van der Waals surface area contributed by atoms with Gasteiger partial charge in [0.25, 0.3) is 0 Å². The van der Waals surface area contributed by atoms with Gasteiger partial charge in [0.05, 0.1) is 25.9 Å². The molecule has 11 heteroatoms. The molecule has 44 heavy (non-hydrogen) atoms. The predicted molar refractivity (Wildman–Crippen MR) is 157 cm³/mol. The molecular weight excluding hydrogens is 572 g/mol. The quantitative estimate of drug-likeness (QED) is 0.232. The first-order valence-corrected chi connectivity index (χ1v) is 16.2. The van der Waals surface area contributed by atoms with E-state index in [0.29, 0.717) is 13.0 Å². The van der Waals surface area contributed by atoms with Crippen molar-refractivity contribution >= 4 is 0 Å². The molecule has 0 aromatic rings. The average molecular weight is 625 g/mol. The summed E-state index contributed by atoms with van der Waals surface area (Å²) in [6.07, 6.45) is -3.13. The molecule has 1 saturated carbocycles. The molecule has 4 fully saturated rings. The van der Waals surface area contributed by atoms with Crippen LogP contribution in [0.2, 0.25) is 0 Å². The van der Waals surface area contributed by atoms with E-state index in [2.05, 4.69) is 26.8 Å². The number of hydrogen-bond donors (Lipinski definition) is 4. The third kappa shape index (κ3) is 5.34. The first-order valence-electron chi connectivity index (χ1n) is 16.2. The smallest absolute Gasteiger partial charge is 0.187 e. The molecule has 3 aliphatic carbocycles. The summed E-state index contributed by atoms with van der Waals surface area (Å²) in [6.45, 7) is 11.0. The van der Waals surface area contributed by atoms with Crippen molar-refractivity contribution in [3.8, 4) is 0 Å². The molecule has 4 N–H and O–H groups in total. The predicted octanol–water partition coefficient (Wildman–Crippen LogP) is 1.84. The number of allylic oxidation sites excluding steroid dienone is 2. The van der Waals surface area contributed by atoms with Gasteiger partial charge in [-0.2, -0.15) is 0 Å². The van der Waals surface area contributed by atoms with Crippen LogP contribution in [0.5, 0.6) is 0 Å². The zero-order valence-corrected chi connectivity index (χ0v) is 27.1. The SMILES string of the molecule is COCC1OC(OC2C3=C(C(C)C)CC[C@]3(C)C=C3[C@@H](CC[C@]3(O)COC)[C@@H](C)[C@H]2O)C(O)C2OC(O)C(C)([C@@H]3CO3)OC12. The second-order valence-electron chi connectivity index (χ2n) is 14.7. The number of fused-ring (bicyclic) bond motifs is 3. The Bertz CT molecular complexity index is 1140. The molecule has 3 heterocycles. The van der Waals surface area contributed by atoms with E-state index >= 15 is 0 Å². The zero-order valence-electron chi connectivity index (χ0n) is 27.1. The van der Waals surface area contributed by atoms with Gasteiger partial charge in [-0.05, 0) is 61.5 Å². The highest BCUT2D eigenvalue weighted by Gasteiger charge is 2.62. The Morgan fingerprint density at radius 1 is 1.02 bits per heavy atom. The van der Waals surface area contributed by atoms with Crippen LogP contribution in [0, 0.1) is 23.2 Å². The van der Waals surface area contributed by atoms with E-state index in [9.17, 15) is 20.4 Å². The summed E-state index contributed by atoms with van der Waals surface area (Å²) in [5.74, 6) is -0.124. The van der Waals surface area contributed by atoms with Gasteiger partial charge >= 0.3 is 0 Å². The van der Waals surface area contributed by atoms with Crippen molar-refractivity contribution < 1.29 is 53.6 Å². The highest BCUT2D eigenvalue weighted by atomic mass is 16.7. The van der Waals surface area contributed by atoms with Crippen molar-refractivity contribution in [2.45, 2.75) is 127 Å². The molecule has 3 aliphatic heterocycles. The molecule has 8 unspecified atom stereocenters. The molecular formula is C33H52O11. The zero-order chi connectivity index (χ0) is 31.8. The Labute approximate surface area is 260 Å². The largest absolute Gasteiger partial charge is 0.390 e. The molecule has 0 bridgehead atoms. The summed E-state index contributed by atoms with van der Waals surface area (Å²) in [4.78, 5) is 0. The molecule has 14 atom stereocenters. The third-order valence-corrected chi connectivity index (χ3v) is 11.4. The summed E-state index contributed by atoms with van der Waals surface area (Å²) in [5.41, 5.74) is 0.428. The number of rotatable bonds is 8. The van der Waals surface area contributed by atoms with Crippen LogP contribution >= 0.6 is 0 Å². The summed E-state index contributed by atoms with van der Waals surface area (Å²) in [7, 11) is 3.16. The van der Waals surface area contributed by atoms with Gasteiger partial charge < -0.3 is 53.6 Å². The lowest BCUT2D eigenvalue weighted by Gasteiger charge is -2.53. The Hall–Kier alpha value is -0.960. The lowest BCUT2D eigenvalue weighted by molar-refractivity contribution is -0.403. The molecule has 0 aromatic heterocycles. The molecule has 0 spiro atoms. The fourth-order valence-corrected chi connectivity index (χ4v) is 8.68. The minimum absolute atomic E-state index is 0.0620. The highest BCUT2D eigenvalue weighted by Crippen LogP contribution is 2.56. The Morgan fingerprint density at radius 2 is 1.75 bits per heavy atom. The van der Waals surface area contributed by atoms with Gasteiger partial charge in [0, 0.05) is 19.6 Å². The fraction of sp³-hybridized carbons (Fsp3) is 0.879. The lowest BCUT2D eigenvalue weighted by Crippen LogP contribution is -2.70. The first kappa shape index (κ1) is 33.0. The van der Waals surface area contributed by atoms with Crippen molar-refractivity contribution in [3.05, 3.63) is 22.8 Å². The Balaban J connectivity index is 1.36. The number of epoxide rings is 1. The second-order valence-corrected chi connectivity index (χ2v) is 14.7. The van der Waals surface area contributed by atoms with E-state index in [4.69, 9.17) is 33.2 Å². The molecule has 0 amide bonds. The van der Waals surface area contributed by atoms with Crippen molar-refractivity contribution in [2.24, 2.45) is 23.2 Å². The van der Waals surface area contributed by atoms with E-state index in [1.54, 1.807) is 21.1 Å². The number of aliphatic hydroxyl groups is 4. The monoisotopic (exact) mass is 624 g/mol. The van der Waals surface area contributed by atoms with E-state index < -0.39 is 65.8 Å². The van der Waals surface area contributed by atoms with E-state index in [0.717, 1.165) is 30.4 Å². The molecule has 0 radical (unpaired) electrons. The Kier molecular flexibility index (Phi) is 8.94. The van der Waals surface area contributed by atoms with E-state index in [-0.39, 0.29) is 37.1 Å². The van der Waals surface area contributed by atoms with Crippen LogP contribution in [0.4, 0.5) is 0 Å². The van der Waals surface area contributed by atoms with Crippen LogP contribution in [-0.2, 0) is 33.2 Å². The number of ether oxygens (including phenoxy) is 7. The summed E-state index contributed by atoms with van der Waals surface area (Å²) < 4.78 is 41.9. The molecule has 6 aliphatic rings. The maximum absolute atomic E-state index is 12.2. The average Bonchev–Trinajstić information content (AvgIpc) is 3.71. The normalized spacial score (nSPS) is 50.5. The molecule has 0 aromatic carbocycles. The van der Waals surface area contributed by atoms with Crippen molar-refractivity contribution in [2.75, 3.05) is 34.0 Å². The van der Waals surface area contributed by atoms with Crippen molar-refractivity contribution in [3.63, 3.8) is 0 Å². The van der Waals surface area contributed by atoms with E-state index in [1.165, 1.54) is 5.57 Å². The van der Waals surface area contributed by atoms with E-state index in [1.807, 2.05) is 6.92 Å². The topological polar surface area (TPSA) is 149 Å². The van der Waals surface area contributed by atoms with Gasteiger partial charge in [0.2, 0.25) is 0 Å². The van der Waals surface area contributed by atoms with Gasteiger partial charge in [-0.25, -0.2) is 0 Å². The second kappa shape index (κ2) is 11.9. The minimum Gasteiger partial charge on any atom is -0.390 e. The van der Waals surface area contributed by atoms with Gasteiger partial charge in [-0.1, -0.05) is 39.3 Å². The lowest BCUT2D eigenvalue weighted by atomic mass is 9.68. The summed E-state index contributed by atoms with van der Waals surface area (Å²) in [6, 6.07) is 0. The van der Waals surface area contributed by atoms with Crippen LogP contribution in [0.3, 0.4) is 0 Å². The van der Waals surface area contributed by atoms with Crippen molar-refractivity contribution in [1.29, 1.82) is 0 Å². The standard InChI is InChI=1S/C33H52O11/c1-16(2)18-8-10-31(4)12-20-19(9-11-33(20,37)15-39-7)17(3)24(34)27(23(18)31)42-29-25(35)28-26(21(41-29)13-38-6)44-32(5,22-14-40-22)30(36)43-28/h12,16-17,19,21-22,24-30,34-37H,8-11,13-15H2,1-7H3/t17-,19+,21?,22+,24-,25?,26?,27?,28?,29?,30?,31-,32?,33+/m1/s1. The van der Waals surface area contributed by atoms with Gasteiger partial charge in [-0.15, -0.1) is 0 Å². The summed E-state index contributed by atoms with van der Waals surface area (Å²) >= 11 is 0. The van der Waals surface area contributed by atoms with Gasteiger partial charge in [0.15, 0.2) is 12.6 Å². The van der Waals surface area contributed by atoms with Crippen LogP contribution in [0.1, 0.15) is 60.3 Å². The minimum atomic E-state index is -1.33. The first-order chi connectivity index (χ1) is 20.8. The van der Waals surface area contributed by atoms with Gasteiger partial charge in [-0.3, -0.25) is 0 Å². The van der Waals surface area contributed by atoms with Crippen molar-refractivity contribution in [1.82, 2.24) is 0 Å².